The van der Waals surface area contributed by atoms with Crippen LogP contribution < -0.4 is 5.73 Å². The van der Waals surface area contributed by atoms with Crippen molar-refractivity contribution in [1.82, 2.24) is 15.0 Å². The van der Waals surface area contributed by atoms with Crippen LogP contribution in [0.1, 0.15) is 17.8 Å². The standard InChI is InChI=1S/C11H14N4O2/c12-8-3-1-2-4-10(8)15-11(5-6-16)9(7-17)13-14-15/h1-2,4,6,8,17H,3,5,7,12H2/t8-/m1/s1. The molecule has 0 aliphatic heterocycles. The van der Waals surface area contributed by atoms with E-state index in [9.17, 15) is 4.79 Å². The average Bonchev–Trinajstić information content (AvgIpc) is 2.73. The molecule has 0 spiro atoms. The van der Waals surface area contributed by atoms with Crippen molar-refractivity contribution in [3.05, 3.63) is 29.6 Å². The van der Waals surface area contributed by atoms with E-state index in [0.29, 0.717) is 11.4 Å². The average molecular weight is 234 g/mol. The third-order valence-corrected chi connectivity index (χ3v) is 2.69. The van der Waals surface area contributed by atoms with Gasteiger partial charge in [-0.2, -0.15) is 0 Å². The first-order chi connectivity index (χ1) is 8.27. The molecule has 6 heteroatoms. The molecule has 0 amide bonds. The topological polar surface area (TPSA) is 94.0 Å². The van der Waals surface area contributed by atoms with E-state index in [1.165, 1.54) is 0 Å². The van der Waals surface area contributed by atoms with Gasteiger partial charge in [0.15, 0.2) is 0 Å². The lowest BCUT2D eigenvalue weighted by atomic mass is 10.1. The molecule has 0 saturated heterocycles. The molecule has 1 aromatic heterocycles. The number of aromatic nitrogens is 3. The van der Waals surface area contributed by atoms with E-state index >= 15 is 0 Å². The first-order valence-electron chi connectivity index (χ1n) is 5.38. The molecule has 6 nitrogen and oxygen atoms in total. The highest BCUT2D eigenvalue weighted by Gasteiger charge is 2.19. The van der Waals surface area contributed by atoms with Crippen molar-refractivity contribution in [2.24, 2.45) is 5.73 Å². The van der Waals surface area contributed by atoms with Crippen LogP contribution in [0.2, 0.25) is 0 Å². The summed E-state index contributed by atoms with van der Waals surface area (Å²) in [4.78, 5) is 10.6. The molecule has 3 N–H and O–H groups in total. The monoisotopic (exact) mass is 234 g/mol. The van der Waals surface area contributed by atoms with Crippen molar-refractivity contribution in [3.8, 4) is 0 Å². The third kappa shape index (κ3) is 2.17. The van der Waals surface area contributed by atoms with Crippen LogP contribution in [0.4, 0.5) is 0 Å². The second-order valence-electron chi connectivity index (χ2n) is 3.79. The van der Waals surface area contributed by atoms with Gasteiger partial charge in [0.25, 0.3) is 0 Å². The van der Waals surface area contributed by atoms with Gasteiger partial charge < -0.3 is 15.6 Å². The number of allylic oxidation sites excluding steroid dienone is 2. The Labute approximate surface area is 98.4 Å². The summed E-state index contributed by atoms with van der Waals surface area (Å²) in [7, 11) is 0. The molecular formula is C11H14N4O2. The third-order valence-electron chi connectivity index (χ3n) is 2.69. The molecular weight excluding hydrogens is 220 g/mol. The maximum atomic E-state index is 10.6. The molecule has 17 heavy (non-hydrogen) atoms. The van der Waals surface area contributed by atoms with Crippen LogP contribution in [-0.4, -0.2) is 32.4 Å². The highest BCUT2D eigenvalue weighted by molar-refractivity contribution is 5.60. The number of nitrogens with zero attached hydrogens (tertiary/aromatic N) is 3. The minimum absolute atomic E-state index is 0.163. The molecule has 2 rings (SSSR count). The Hall–Kier alpha value is -1.79. The smallest absolute Gasteiger partial charge is 0.126 e. The molecule has 0 aromatic carbocycles. The molecule has 1 aliphatic rings. The normalized spacial score (nSPS) is 19.2. The zero-order chi connectivity index (χ0) is 12.3. The molecule has 0 fully saturated rings. The van der Waals surface area contributed by atoms with E-state index in [-0.39, 0.29) is 19.1 Å². The predicted molar refractivity (Wildman–Crippen MR) is 61.7 cm³/mol. The van der Waals surface area contributed by atoms with E-state index in [0.717, 1.165) is 18.4 Å². The van der Waals surface area contributed by atoms with Crippen molar-refractivity contribution >= 4 is 12.0 Å². The Morgan fingerprint density at radius 2 is 2.47 bits per heavy atom. The minimum Gasteiger partial charge on any atom is -0.390 e. The predicted octanol–water partition coefficient (Wildman–Crippen LogP) is -0.360. The molecule has 1 aromatic rings. The summed E-state index contributed by atoms with van der Waals surface area (Å²) in [5.74, 6) is 0. The zero-order valence-corrected chi connectivity index (χ0v) is 9.28. The second-order valence-corrected chi connectivity index (χ2v) is 3.79. The summed E-state index contributed by atoms with van der Waals surface area (Å²) in [6, 6.07) is -0.168. The zero-order valence-electron chi connectivity index (χ0n) is 9.28. The molecule has 0 radical (unpaired) electrons. The molecule has 1 aliphatic carbocycles. The van der Waals surface area contributed by atoms with Crippen LogP contribution in [0.25, 0.3) is 5.70 Å². The van der Waals surface area contributed by atoms with Gasteiger partial charge in [-0.25, -0.2) is 4.68 Å². The number of aliphatic hydroxyl groups excluding tert-OH is 1. The van der Waals surface area contributed by atoms with E-state index in [4.69, 9.17) is 10.8 Å². The Bertz CT molecular complexity index is 476. The fourth-order valence-electron chi connectivity index (χ4n) is 1.81. The highest BCUT2D eigenvalue weighted by Crippen LogP contribution is 2.19. The van der Waals surface area contributed by atoms with Gasteiger partial charge >= 0.3 is 0 Å². The summed E-state index contributed by atoms with van der Waals surface area (Å²) in [5.41, 5.74) is 7.77. The number of nitrogens with two attached hydrogens (primary N) is 1. The summed E-state index contributed by atoms with van der Waals surface area (Å²) < 4.78 is 1.55. The van der Waals surface area contributed by atoms with E-state index < -0.39 is 0 Å². The summed E-state index contributed by atoms with van der Waals surface area (Å²) in [6.07, 6.45) is 7.36. The van der Waals surface area contributed by atoms with Crippen LogP contribution in [0.15, 0.2) is 18.2 Å². The lowest BCUT2D eigenvalue weighted by Crippen LogP contribution is -2.27. The van der Waals surface area contributed by atoms with Crippen molar-refractivity contribution in [2.45, 2.75) is 25.5 Å². The number of hydrogen-bond donors (Lipinski definition) is 2. The number of rotatable bonds is 4. The number of aldehydes is 1. The molecule has 1 heterocycles. The van der Waals surface area contributed by atoms with Gasteiger partial charge in [-0.05, 0) is 12.5 Å². The van der Waals surface area contributed by atoms with Gasteiger partial charge in [-0.1, -0.05) is 17.4 Å². The fraction of sp³-hybridized carbons (Fsp3) is 0.364. The Morgan fingerprint density at radius 1 is 1.65 bits per heavy atom. The van der Waals surface area contributed by atoms with Gasteiger partial charge in [-0.15, -0.1) is 5.10 Å². The largest absolute Gasteiger partial charge is 0.390 e. The maximum Gasteiger partial charge on any atom is 0.126 e. The SMILES string of the molecule is N[C@@H]1CC=CC=C1n1nnc(CO)c1CC=O. The van der Waals surface area contributed by atoms with Crippen LogP contribution in [0.5, 0.6) is 0 Å². The molecule has 1 atom stereocenters. The van der Waals surface area contributed by atoms with E-state index in [2.05, 4.69) is 10.3 Å². The fourth-order valence-corrected chi connectivity index (χ4v) is 1.81. The first-order valence-corrected chi connectivity index (χ1v) is 5.38. The van der Waals surface area contributed by atoms with Crippen molar-refractivity contribution in [3.63, 3.8) is 0 Å². The van der Waals surface area contributed by atoms with E-state index in [1.807, 2.05) is 18.2 Å². The molecule has 0 saturated carbocycles. The lowest BCUT2D eigenvalue weighted by molar-refractivity contribution is -0.107. The van der Waals surface area contributed by atoms with Crippen LogP contribution in [0.3, 0.4) is 0 Å². The second kappa shape index (κ2) is 5.03. The number of hydrogen-bond acceptors (Lipinski definition) is 5. The van der Waals surface area contributed by atoms with Crippen molar-refractivity contribution in [2.75, 3.05) is 0 Å². The van der Waals surface area contributed by atoms with Gasteiger partial charge in [0.2, 0.25) is 0 Å². The Kier molecular flexibility index (Phi) is 3.46. The Balaban J connectivity index is 2.44. The summed E-state index contributed by atoms with van der Waals surface area (Å²) >= 11 is 0. The van der Waals surface area contributed by atoms with Gasteiger partial charge in [-0.3, -0.25) is 0 Å². The number of aliphatic hydroxyl groups is 1. The van der Waals surface area contributed by atoms with Crippen molar-refractivity contribution < 1.29 is 9.90 Å². The number of carbonyl (C=O) groups is 1. The van der Waals surface area contributed by atoms with Gasteiger partial charge in [0, 0.05) is 6.42 Å². The van der Waals surface area contributed by atoms with Crippen LogP contribution in [-0.2, 0) is 17.8 Å². The molecule has 0 bridgehead atoms. The van der Waals surface area contributed by atoms with Gasteiger partial charge in [0.1, 0.15) is 12.0 Å². The van der Waals surface area contributed by atoms with Crippen LogP contribution >= 0.6 is 0 Å². The molecule has 0 unspecified atom stereocenters. The first kappa shape index (κ1) is 11.7. The lowest BCUT2D eigenvalue weighted by Gasteiger charge is -2.18. The summed E-state index contributed by atoms with van der Waals surface area (Å²) in [5, 5.41) is 16.9. The van der Waals surface area contributed by atoms with Crippen LogP contribution in [0, 0.1) is 0 Å². The Morgan fingerprint density at radius 3 is 3.12 bits per heavy atom. The quantitative estimate of drug-likeness (QED) is 0.694. The maximum absolute atomic E-state index is 10.6. The van der Waals surface area contributed by atoms with E-state index in [1.54, 1.807) is 4.68 Å². The van der Waals surface area contributed by atoms with Gasteiger partial charge in [0.05, 0.1) is 24.0 Å². The minimum atomic E-state index is -0.235. The summed E-state index contributed by atoms with van der Waals surface area (Å²) in [6.45, 7) is -0.235. The number of carbonyl (C=O) groups excluding carboxylic acids is 1. The van der Waals surface area contributed by atoms with Crippen molar-refractivity contribution in [1.29, 1.82) is 0 Å². The highest BCUT2D eigenvalue weighted by atomic mass is 16.3. The molecule has 90 valence electrons.